The van der Waals surface area contributed by atoms with Gasteiger partial charge in [0.15, 0.2) is 23.6 Å². The zero-order valence-corrected chi connectivity index (χ0v) is 12.5. The molecule has 114 valence electrons. The third-order valence-electron chi connectivity index (χ3n) is 3.75. The number of hydrogen-bond acceptors (Lipinski definition) is 3. The van der Waals surface area contributed by atoms with E-state index >= 15 is 0 Å². The lowest BCUT2D eigenvalue weighted by molar-refractivity contribution is 0.0969. The maximum atomic E-state index is 5.94. The van der Waals surface area contributed by atoms with Crippen molar-refractivity contribution in [2.24, 2.45) is 4.99 Å². The van der Waals surface area contributed by atoms with Gasteiger partial charge in [-0.3, -0.25) is 0 Å². The largest absolute Gasteiger partial charge is 0.486 e. The number of benzene rings is 1. The van der Waals surface area contributed by atoms with E-state index < -0.39 is 0 Å². The van der Waals surface area contributed by atoms with Crippen molar-refractivity contribution in [3.63, 3.8) is 0 Å². The van der Waals surface area contributed by atoms with Crippen molar-refractivity contribution in [1.29, 1.82) is 0 Å². The second kappa shape index (κ2) is 6.70. The van der Waals surface area contributed by atoms with Gasteiger partial charge >= 0.3 is 0 Å². The van der Waals surface area contributed by atoms with Crippen LogP contribution in [0.5, 0.6) is 11.5 Å². The SMILES string of the molecule is CCNC(=NCC1COc2ccccc2O1)N1CCCC1. The van der Waals surface area contributed by atoms with Crippen molar-refractivity contribution in [2.45, 2.75) is 25.9 Å². The van der Waals surface area contributed by atoms with Crippen LogP contribution in [0, 0.1) is 0 Å². The Hall–Kier alpha value is -1.91. The molecule has 1 aromatic carbocycles. The van der Waals surface area contributed by atoms with Gasteiger partial charge in [-0.15, -0.1) is 0 Å². The molecule has 1 saturated heterocycles. The first kappa shape index (κ1) is 14.0. The van der Waals surface area contributed by atoms with E-state index in [1.165, 1.54) is 12.8 Å². The first-order valence-corrected chi connectivity index (χ1v) is 7.78. The molecule has 5 nitrogen and oxygen atoms in total. The first-order chi connectivity index (χ1) is 10.4. The van der Waals surface area contributed by atoms with Gasteiger partial charge in [-0.2, -0.15) is 0 Å². The smallest absolute Gasteiger partial charge is 0.194 e. The molecule has 1 unspecified atom stereocenters. The molecular formula is C16H23N3O2. The monoisotopic (exact) mass is 289 g/mol. The number of nitrogens with zero attached hydrogens (tertiary/aromatic N) is 2. The molecular weight excluding hydrogens is 266 g/mol. The number of ether oxygens (including phenoxy) is 2. The molecule has 3 rings (SSSR count). The normalized spacial score (nSPS) is 21.5. The molecule has 5 heteroatoms. The van der Waals surface area contributed by atoms with Crippen LogP contribution >= 0.6 is 0 Å². The summed E-state index contributed by atoms with van der Waals surface area (Å²) < 4.78 is 11.7. The third kappa shape index (κ3) is 3.40. The highest BCUT2D eigenvalue weighted by Gasteiger charge is 2.21. The summed E-state index contributed by atoms with van der Waals surface area (Å²) in [5.74, 6) is 2.64. The second-order valence-electron chi connectivity index (χ2n) is 5.39. The topological polar surface area (TPSA) is 46.1 Å². The van der Waals surface area contributed by atoms with Gasteiger partial charge in [-0.1, -0.05) is 12.1 Å². The number of likely N-dealkylation sites (tertiary alicyclic amines) is 1. The Bertz CT molecular complexity index is 498. The third-order valence-corrected chi connectivity index (χ3v) is 3.75. The molecule has 21 heavy (non-hydrogen) atoms. The molecule has 0 aliphatic carbocycles. The number of aliphatic imine (C=N–C) groups is 1. The van der Waals surface area contributed by atoms with Crippen LogP contribution < -0.4 is 14.8 Å². The van der Waals surface area contributed by atoms with Gasteiger partial charge in [0.2, 0.25) is 0 Å². The summed E-state index contributed by atoms with van der Waals surface area (Å²) in [5, 5.41) is 3.36. The average Bonchev–Trinajstić information content (AvgIpc) is 3.05. The Balaban J connectivity index is 1.61. The minimum Gasteiger partial charge on any atom is -0.486 e. The summed E-state index contributed by atoms with van der Waals surface area (Å²) in [7, 11) is 0. The summed E-state index contributed by atoms with van der Waals surface area (Å²) in [4.78, 5) is 7.04. The van der Waals surface area contributed by atoms with E-state index in [-0.39, 0.29) is 6.10 Å². The Morgan fingerprint density at radius 1 is 1.29 bits per heavy atom. The predicted octanol–water partition coefficient (Wildman–Crippen LogP) is 1.89. The van der Waals surface area contributed by atoms with Crippen molar-refractivity contribution in [2.75, 3.05) is 32.8 Å². The maximum Gasteiger partial charge on any atom is 0.194 e. The summed E-state index contributed by atoms with van der Waals surface area (Å²) in [5.41, 5.74) is 0. The molecule has 0 spiro atoms. The molecule has 1 fully saturated rings. The molecule has 2 aliphatic rings. The summed E-state index contributed by atoms with van der Waals surface area (Å²) in [6.07, 6.45) is 2.48. The van der Waals surface area contributed by atoms with Crippen LogP contribution in [-0.4, -0.2) is 49.7 Å². The lowest BCUT2D eigenvalue weighted by Crippen LogP contribution is -2.41. The Labute approximate surface area is 126 Å². The fourth-order valence-electron chi connectivity index (χ4n) is 2.70. The zero-order valence-electron chi connectivity index (χ0n) is 12.5. The van der Waals surface area contributed by atoms with Crippen molar-refractivity contribution in [3.05, 3.63) is 24.3 Å². The summed E-state index contributed by atoms with van der Waals surface area (Å²) >= 11 is 0. The van der Waals surface area contributed by atoms with Crippen LogP contribution in [0.4, 0.5) is 0 Å². The molecule has 2 aliphatic heterocycles. The van der Waals surface area contributed by atoms with E-state index in [2.05, 4.69) is 17.1 Å². The number of fused-ring (bicyclic) bond motifs is 1. The van der Waals surface area contributed by atoms with E-state index in [1.54, 1.807) is 0 Å². The highest BCUT2D eigenvalue weighted by molar-refractivity contribution is 5.80. The van der Waals surface area contributed by atoms with Crippen LogP contribution in [0.25, 0.3) is 0 Å². The van der Waals surface area contributed by atoms with Crippen molar-refractivity contribution in [1.82, 2.24) is 10.2 Å². The van der Waals surface area contributed by atoms with Crippen molar-refractivity contribution < 1.29 is 9.47 Å². The number of guanidine groups is 1. The molecule has 0 bridgehead atoms. The van der Waals surface area contributed by atoms with E-state index in [1.807, 2.05) is 24.3 Å². The highest BCUT2D eigenvalue weighted by atomic mass is 16.6. The van der Waals surface area contributed by atoms with E-state index in [0.29, 0.717) is 13.2 Å². The Morgan fingerprint density at radius 3 is 2.81 bits per heavy atom. The van der Waals surface area contributed by atoms with Crippen LogP contribution in [0.15, 0.2) is 29.3 Å². The lowest BCUT2D eigenvalue weighted by atomic mass is 10.2. The molecule has 0 radical (unpaired) electrons. The van der Waals surface area contributed by atoms with Gasteiger partial charge in [0.05, 0.1) is 6.54 Å². The minimum atomic E-state index is -0.0174. The van der Waals surface area contributed by atoms with Crippen molar-refractivity contribution >= 4 is 5.96 Å². The summed E-state index contributed by atoms with van der Waals surface area (Å²) in [6.45, 7) is 6.35. The number of rotatable bonds is 3. The zero-order chi connectivity index (χ0) is 14.5. The van der Waals surface area contributed by atoms with Crippen molar-refractivity contribution in [3.8, 4) is 11.5 Å². The van der Waals surface area contributed by atoms with Gasteiger partial charge in [0, 0.05) is 19.6 Å². The average molecular weight is 289 g/mol. The number of para-hydroxylation sites is 2. The highest BCUT2D eigenvalue weighted by Crippen LogP contribution is 2.30. The summed E-state index contributed by atoms with van der Waals surface area (Å²) in [6, 6.07) is 7.79. The van der Waals surface area contributed by atoms with E-state index in [9.17, 15) is 0 Å². The molecule has 0 amide bonds. The van der Waals surface area contributed by atoms with Gasteiger partial charge < -0.3 is 19.7 Å². The molecule has 1 aromatic rings. The van der Waals surface area contributed by atoms with E-state index in [0.717, 1.165) is 37.1 Å². The lowest BCUT2D eigenvalue weighted by Gasteiger charge is -2.26. The number of hydrogen-bond donors (Lipinski definition) is 1. The van der Waals surface area contributed by atoms with Gasteiger partial charge in [0.1, 0.15) is 6.61 Å². The van der Waals surface area contributed by atoms with Crippen LogP contribution in [0.3, 0.4) is 0 Å². The fourth-order valence-corrected chi connectivity index (χ4v) is 2.70. The van der Waals surface area contributed by atoms with Crippen LogP contribution in [-0.2, 0) is 0 Å². The van der Waals surface area contributed by atoms with Crippen LogP contribution in [0.2, 0.25) is 0 Å². The molecule has 0 saturated carbocycles. The standard InChI is InChI=1S/C16H23N3O2/c1-2-17-16(19-9-5-6-10-19)18-11-13-12-20-14-7-3-4-8-15(14)21-13/h3-4,7-8,13H,2,5-6,9-12H2,1H3,(H,17,18). The minimum absolute atomic E-state index is 0.0174. The van der Waals surface area contributed by atoms with Gasteiger partial charge in [0.25, 0.3) is 0 Å². The van der Waals surface area contributed by atoms with E-state index in [4.69, 9.17) is 14.5 Å². The predicted molar refractivity (Wildman–Crippen MR) is 83.1 cm³/mol. The quantitative estimate of drug-likeness (QED) is 0.682. The first-order valence-electron chi connectivity index (χ1n) is 7.78. The fraction of sp³-hybridized carbons (Fsp3) is 0.562. The van der Waals surface area contributed by atoms with Gasteiger partial charge in [-0.25, -0.2) is 4.99 Å². The van der Waals surface area contributed by atoms with Crippen LogP contribution in [0.1, 0.15) is 19.8 Å². The Morgan fingerprint density at radius 2 is 2.05 bits per heavy atom. The second-order valence-corrected chi connectivity index (χ2v) is 5.39. The maximum absolute atomic E-state index is 5.94. The van der Waals surface area contributed by atoms with Gasteiger partial charge in [-0.05, 0) is 31.9 Å². The molecule has 1 atom stereocenters. The Kier molecular flexibility index (Phi) is 4.48. The number of nitrogens with one attached hydrogen (secondary N) is 1. The molecule has 0 aromatic heterocycles. The molecule has 1 N–H and O–H groups in total. The molecule has 2 heterocycles.